The number of hydrogen-bond acceptors (Lipinski definition) is 3. The summed E-state index contributed by atoms with van der Waals surface area (Å²) in [6, 6.07) is 9.28. The lowest BCUT2D eigenvalue weighted by Crippen LogP contribution is -2.27. The van der Waals surface area contributed by atoms with Gasteiger partial charge in [-0.05, 0) is 18.6 Å². The van der Waals surface area contributed by atoms with Gasteiger partial charge in [0.2, 0.25) is 11.3 Å². The van der Waals surface area contributed by atoms with Gasteiger partial charge < -0.3 is 10.0 Å². The topological polar surface area (TPSA) is 68.7 Å². The van der Waals surface area contributed by atoms with Gasteiger partial charge in [-0.25, -0.2) is 0 Å². The zero-order chi connectivity index (χ0) is 12.3. The molecule has 5 heteroatoms. The van der Waals surface area contributed by atoms with Gasteiger partial charge in [-0.2, -0.15) is 0 Å². The van der Waals surface area contributed by atoms with Gasteiger partial charge in [-0.15, -0.1) is 0 Å². The molecular formula is C12H12N3O2+. The second-order valence-electron chi connectivity index (χ2n) is 3.84. The Morgan fingerprint density at radius 3 is 2.82 bits per heavy atom. The highest BCUT2D eigenvalue weighted by Crippen LogP contribution is 2.28. The minimum Gasteiger partial charge on any atom is -0.505 e. The molecule has 1 unspecified atom stereocenters. The molecule has 1 atom stereocenters. The normalized spacial score (nSPS) is 20.4. The Kier molecular flexibility index (Phi) is 3.06. The minimum atomic E-state index is -0.605. The molecule has 0 aromatic heterocycles. The van der Waals surface area contributed by atoms with E-state index in [1.165, 1.54) is 0 Å². The van der Waals surface area contributed by atoms with Gasteiger partial charge in [0, 0.05) is 12.2 Å². The molecule has 0 radical (unpaired) electrons. The molecule has 1 fully saturated rings. The second kappa shape index (κ2) is 4.66. The molecule has 0 spiro atoms. The maximum atomic E-state index is 12.0. The molecule has 1 aromatic rings. The summed E-state index contributed by atoms with van der Waals surface area (Å²) in [4.78, 5) is 16.4. The van der Waals surface area contributed by atoms with Crippen LogP contribution >= 0.6 is 0 Å². The van der Waals surface area contributed by atoms with Crippen molar-refractivity contribution in [2.75, 3.05) is 11.4 Å². The molecule has 1 aromatic carbocycles. The van der Waals surface area contributed by atoms with Crippen molar-refractivity contribution < 1.29 is 9.90 Å². The largest absolute Gasteiger partial charge is 0.505 e. The van der Waals surface area contributed by atoms with Crippen LogP contribution in [0.25, 0.3) is 4.98 Å². The smallest absolute Gasteiger partial charge is 0.388 e. The van der Waals surface area contributed by atoms with Gasteiger partial charge in [-0.1, -0.05) is 18.2 Å². The Balaban J connectivity index is 2.20. The number of anilines is 1. The third-order valence-corrected chi connectivity index (χ3v) is 2.82. The standard InChI is InChI=1S/C12H11N3O2/c13-14-8-11(16)10-6-7-15(12(10)17)9-4-2-1-3-5-9/h1-5,8,10H,6-7H2/p+1. The van der Waals surface area contributed by atoms with Crippen LogP contribution in [0.15, 0.2) is 42.3 Å². The number of hydrogen-bond donors (Lipinski definition) is 1. The molecule has 0 saturated carbocycles. The number of nitrogens with zero attached hydrogens (tertiary/aromatic N) is 3. The first-order valence-corrected chi connectivity index (χ1v) is 5.33. The lowest BCUT2D eigenvalue weighted by Gasteiger charge is -2.15. The molecule has 17 heavy (non-hydrogen) atoms. The van der Waals surface area contributed by atoms with Crippen molar-refractivity contribution in [1.29, 1.82) is 5.39 Å². The van der Waals surface area contributed by atoms with Crippen LogP contribution in [0.5, 0.6) is 0 Å². The molecule has 1 saturated heterocycles. The quantitative estimate of drug-likeness (QED) is 0.626. The van der Waals surface area contributed by atoms with E-state index in [1.807, 2.05) is 30.3 Å². The molecule has 0 bridgehead atoms. The van der Waals surface area contributed by atoms with Crippen LogP contribution in [0.4, 0.5) is 5.69 Å². The van der Waals surface area contributed by atoms with Crippen molar-refractivity contribution in [3.63, 3.8) is 0 Å². The van der Waals surface area contributed by atoms with Crippen LogP contribution in [0.1, 0.15) is 6.42 Å². The van der Waals surface area contributed by atoms with Gasteiger partial charge in [-0.3, -0.25) is 4.79 Å². The Bertz CT molecular complexity index is 490. The predicted molar refractivity (Wildman–Crippen MR) is 62.7 cm³/mol. The van der Waals surface area contributed by atoms with E-state index in [2.05, 4.69) is 4.98 Å². The monoisotopic (exact) mass is 230 g/mol. The zero-order valence-corrected chi connectivity index (χ0v) is 9.15. The van der Waals surface area contributed by atoms with E-state index >= 15 is 0 Å². The van der Waals surface area contributed by atoms with Crippen molar-refractivity contribution in [3.05, 3.63) is 47.3 Å². The fourth-order valence-corrected chi connectivity index (χ4v) is 1.97. The summed E-state index contributed by atoms with van der Waals surface area (Å²) < 4.78 is 0. The molecule has 5 nitrogen and oxygen atoms in total. The zero-order valence-electron chi connectivity index (χ0n) is 9.15. The van der Waals surface area contributed by atoms with E-state index in [1.54, 1.807) is 4.90 Å². The van der Waals surface area contributed by atoms with Crippen LogP contribution in [-0.2, 0) is 4.79 Å². The van der Waals surface area contributed by atoms with Gasteiger partial charge in [0.15, 0.2) is 10.7 Å². The second-order valence-corrected chi connectivity index (χ2v) is 3.84. The number of benzene rings is 1. The number of carbonyl (C=O) groups is 1. The molecule has 1 heterocycles. The lowest BCUT2D eigenvalue weighted by molar-refractivity contribution is -0.120. The fraction of sp³-hybridized carbons (Fsp3) is 0.250. The summed E-state index contributed by atoms with van der Waals surface area (Å²) in [5.41, 5.74) is 0.814. The Morgan fingerprint density at radius 2 is 2.18 bits per heavy atom. The average Bonchev–Trinajstić information content (AvgIpc) is 2.72. The van der Waals surface area contributed by atoms with E-state index in [4.69, 9.17) is 5.39 Å². The predicted octanol–water partition coefficient (Wildman–Crippen LogP) is 2.29. The maximum Gasteiger partial charge on any atom is 0.388 e. The van der Waals surface area contributed by atoms with Crippen molar-refractivity contribution in [1.82, 2.24) is 0 Å². The molecular weight excluding hydrogens is 218 g/mol. The first kappa shape index (κ1) is 11.1. The van der Waals surface area contributed by atoms with Gasteiger partial charge in [0.25, 0.3) is 0 Å². The summed E-state index contributed by atoms with van der Waals surface area (Å²) in [6.07, 6.45) is 1.42. The molecule has 2 rings (SSSR count). The van der Waals surface area contributed by atoms with Crippen LogP contribution in [0.3, 0.4) is 0 Å². The summed E-state index contributed by atoms with van der Waals surface area (Å²) >= 11 is 0. The van der Waals surface area contributed by atoms with E-state index in [0.29, 0.717) is 13.0 Å². The van der Waals surface area contributed by atoms with Gasteiger partial charge >= 0.3 is 6.20 Å². The highest BCUT2D eigenvalue weighted by atomic mass is 16.3. The molecule has 1 aliphatic rings. The van der Waals surface area contributed by atoms with Crippen LogP contribution in [0.2, 0.25) is 0 Å². The first-order valence-electron chi connectivity index (χ1n) is 5.33. The lowest BCUT2D eigenvalue weighted by atomic mass is 10.1. The van der Waals surface area contributed by atoms with Crippen molar-refractivity contribution in [3.8, 4) is 0 Å². The number of carbonyl (C=O) groups excluding carboxylic acids is 1. The number of rotatable bonds is 2. The number of aliphatic hydroxyl groups excluding tert-OH is 1. The molecule has 1 aliphatic heterocycles. The molecule has 1 N–H and O–H groups in total. The number of aliphatic hydroxyl groups is 1. The highest BCUT2D eigenvalue weighted by Gasteiger charge is 2.36. The van der Waals surface area contributed by atoms with Gasteiger partial charge in [0.1, 0.15) is 5.92 Å². The maximum absolute atomic E-state index is 12.0. The first-order chi connectivity index (χ1) is 8.24. The molecule has 1 amide bonds. The molecule has 0 aliphatic carbocycles. The Hall–Kier alpha value is -2.35. The number of para-hydroxylation sites is 1. The summed E-state index contributed by atoms with van der Waals surface area (Å²) in [6.45, 7) is 0.552. The van der Waals surface area contributed by atoms with E-state index in [0.717, 1.165) is 11.9 Å². The van der Waals surface area contributed by atoms with Crippen LogP contribution < -0.4 is 4.90 Å². The molecule has 86 valence electrons. The van der Waals surface area contributed by atoms with Crippen LogP contribution in [0, 0.1) is 11.3 Å². The van der Waals surface area contributed by atoms with E-state index in [9.17, 15) is 9.90 Å². The summed E-state index contributed by atoms with van der Waals surface area (Å²) in [5, 5.41) is 17.9. The Morgan fingerprint density at radius 1 is 1.47 bits per heavy atom. The average molecular weight is 230 g/mol. The summed E-state index contributed by atoms with van der Waals surface area (Å²) in [5.74, 6) is -0.976. The van der Waals surface area contributed by atoms with Gasteiger partial charge in [0.05, 0.1) is 0 Å². The number of diazo groups is 1. The third kappa shape index (κ3) is 2.11. The van der Waals surface area contributed by atoms with Crippen molar-refractivity contribution in [2.45, 2.75) is 6.42 Å². The summed E-state index contributed by atoms with van der Waals surface area (Å²) in [7, 11) is 0. The highest BCUT2D eigenvalue weighted by molar-refractivity contribution is 5.98. The van der Waals surface area contributed by atoms with Crippen molar-refractivity contribution >= 4 is 11.6 Å². The van der Waals surface area contributed by atoms with E-state index in [-0.39, 0.29) is 11.7 Å². The third-order valence-electron chi connectivity index (χ3n) is 2.82. The van der Waals surface area contributed by atoms with E-state index < -0.39 is 5.92 Å². The Labute approximate surface area is 98.6 Å². The van der Waals surface area contributed by atoms with Crippen LogP contribution in [-0.4, -0.2) is 17.6 Å². The SMILES string of the molecule is N#[N+]C=C(O)C1CCN(c2ccccc2)C1=O. The fourth-order valence-electron chi connectivity index (χ4n) is 1.97. The number of amides is 1. The van der Waals surface area contributed by atoms with Crippen molar-refractivity contribution in [2.24, 2.45) is 5.92 Å². The minimum absolute atomic E-state index is 0.173.